The van der Waals surface area contributed by atoms with Crippen LogP contribution in [0, 0.1) is 0 Å². The van der Waals surface area contributed by atoms with E-state index in [2.05, 4.69) is 25.3 Å². The summed E-state index contributed by atoms with van der Waals surface area (Å²) in [5, 5.41) is 4.14. The number of sulfonamides is 1. The lowest BCUT2D eigenvalue weighted by Crippen LogP contribution is -2.67. The number of hydrogen-bond donors (Lipinski definition) is 3. The quantitative estimate of drug-likeness (QED) is 0.326. The highest BCUT2D eigenvalue weighted by molar-refractivity contribution is 8.01. The zero-order valence-electron chi connectivity index (χ0n) is 8.82. The van der Waals surface area contributed by atoms with Gasteiger partial charge in [0.25, 0.3) is 5.91 Å². The number of benzene rings is 1. The van der Waals surface area contributed by atoms with Gasteiger partial charge in [0.05, 0.1) is 4.90 Å². The van der Waals surface area contributed by atoms with Gasteiger partial charge in [-0.15, -0.1) is 36.9 Å². The largest absolute Gasteiger partial charge is 0.285 e. The molecule has 1 fully saturated rings. The summed E-state index contributed by atoms with van der Waals surface area (Å²) in [6, 6.07) is 5.50. The Balaban J connectivity index is 2.35. The summed E-state index contributed by atoms with van der Waals surface area (Å²) in [5.41, 5.74) is 0.453. The third-order valence-electron chi connectivity index (χ3n) is 2.53. The van der Waals surface area contributed by atoms with E-state index in [1.54, 1.807) is 0 Å². The van der Waals surface area contributed by atoms with Gasteiger partial charge in [-0.05, 0) is 24.3 Å². The number of thiol groups is 2. The summed E-state index contributed by atoms with van der Waals surface area (Å²) in [6.45, 7) is 0. The Morgan fingerprint density at radius 3 is 2.17 bits per heavy atom. The number of carbonyl (C=O) groups is 1. The van der Waals surface area contributed by atoms with Gasteiger partial charge < -0.3 is 0 Å². The lowest BCUT2D eigenvalue weighted by atomic mass is 10.1. The summed E-state index contributed by atoms with van der Waals surface area (Å²) in [6.07, 6.45) is 0. The van der Waals surface area contributed by atoms with Crippen molar-refractivity contribution in [2.75, 3.05) is 4.90 Å². The molecule has 1 aromatic rings. The van der Waals surface area contributed by atoms with Crippen molar-refractivity contribution in [3.63, 3.8) is 0 Å². The van der Waals surface area contributed by atoms with Gasteiger partial charge in [0.15, 0.2) is 9.58 Å². The molecule has 2 rings (SSSR count). The molecular formula is C9H9ClN2O3S3. The Kier molecular flexibility index (Phi) is 3.35. The summed E-state index contributed by atoms with van der Waals surface area (Å²) >= 11 is 14.1. The predicted molar refractivity (Wildman–Crippen MR) is 75.6 cm³/mol. The van der Waals surface area contributed by atoms with Crippen LogP contribution in [0.25, 0.3) is 0 Å². The van der Waals surface area contributed by atoms with Crippen LogP contribution in [0.2, 0.25) is 0 Å². The maximum atomic E-state index is 11.6. The van der Waals surface area contributed by atoms with Crippen LogP contribution in [0.1, 0.15) is 0 Å². The molecular weight excluding hydrogens is 316 g/mol. The number of β-lactam (4-membered cyclic amide) rings is 1. The Morgan fingerprint density at radius 1 is 1.28 bits per heavy atom. The standard InChI is InChI=1S/C9H9ClN2O3S3/c10-7-8(13)12(9(7,16)17)5-1-3-6(4-2-5)18(11,14)15/h1-4,7,16-17H,(H2,11,14,15). The fourth-order valence-electron chi connectivity index (χ4n) is 1.59. The zero-order chi connectivity index (χ0) is 13.7. The SMILES string of the molecule is NS(=O)(=O)c1ccc(N2C(=O)C(Cl)C2(S)S)cc1. The first-order valence-corrected chi connectivity index (χ1v) is 7.59. The molecule has 1 aliphatic rings. The number of alkyl halides is 1. The smallest absolute Gasteiger partial charge is 0.251 e. The molecule has 0 saturated carbocycles. The molecule has 0 bridgehead atoms. The average molecular weight is 325 g/mol. The van der Waals surface area contributed by atoms with Crippen LogP contribution < -0.4 is 10.0 Å². The maximum Gasteiger partial charge on any atom is 0.251 e. The molecule has 1 amide bonds. The minimum Gasteiger partial charge on any atom is -0.285 e. The normalized spacial score (nSPS) is 22.8. The van der Waals surface area contributed by atoms with E-state index in [1.807, 2.05) is 0 Å². The molecule has 18 heavy (non-hydrogen) atoms. The van der Waals surface area contributed by atoms with E-state index in [4.69, 9.17) is 16.7 Å². The number of nitrogens with two attached hydrogens (primary N) is 1. The zero-order valence-corrected chi connectivity index (χ0v) is 12.2. The van der Waals surface area contributed by atoms with Gasteiger partial charge in [0, 0.05) is 5.69 Å². The van der Waals surface area contributed by atoms with Crippen molar-refractivity contribution in [3.05, 3.63) is 24.3 Å². The fourth-order valence-corrected chi connectivity index (χ4v) is 2.95. The van der Waals surface area contributed by atoms with Crippen molar-refractivity contribution in [3.8, 4) is 0 Å². The van der Waals surface area contributed by atoms with Crippen LogP contribution in [0.15, 0.2) is 29.2 Å². The minimum absolute atomic E-state index is 0.0365. The highest BCUT2D eigenvalue weighted by atomic mass is 35.5. The van der Waals surface area contributed by atoms with E-state index in [0.717, 1.165) is 0 Å². The second kappa shape index (κ2) is 4.31. The number of carbonyl (C=O) groups excluding carboxylic acids is 1. The number of anilines is 1. The van der Waals surface area contributed by atoms with Gasteiger partial charge in [-0.3, -0.25) is 9.69 Å². The van der Waals surface area contributed by atoms with Crippen molar-refractivity contribution in [2.24, 2.45) is 5.14 Å². The van der Waals surface area contributed by atoms with Crippen molar-refractivity contribution >= 4 is 58.5 Å². The van der Waals surface area contributed by atoms with Crippen LogP contribution in [0.5, 0.6) is 0 Å². The van der Waals surface area contributed by atoms with Gasteiger partial charge in [-0.2, -0.15) is 0 Å². The Labute approximate surface area is 120 Å². The van der Waals surface area contributed by atoms with Gasteiger partial charge in [-0.25, -0.2) is 13.6 Å². The Morgan fingerprint density at radius 2 is 1.78 bits per heavy atom. The summed E-state index contributed by atoms with van der Waals surface area (Å²) in [5.74, 6) is -0.343. The van der Waals surface area contributed by atoms with Gasteiger partial charge in [0.2, 0.25) is 10.0 Å². The summed E-state index contributed by atoms with van der Waals surface area (Å²) in [7, 11) is -3.75. The number of primary sulfonamides is 1. The summed E-state index contributed by atoms with van der Waals surface area (Å²) in [4.78, 5) is 12.8. The fraction of sp³-hybridized carbons (Fsp3) is 0.222. The van der Waals surface area contributed by atoms with E-state index in [9.17, 15) is 13.2 Å². The Bertz CT molecular complexity index is 600. The van der Waals surface area contributed by atoms with Crippen LogP contribution in [-0.4, -0.2) is 23.9 Å². The van der Waals surface area contributed by atoms with Crippen LogP contribution in [0.4, 0.5) is 5.69 Å². The van der Waals surface area contributed by atoms with Gasteiger partial charge in [-0.1, -0.05) is 0 Å². The van der Waals surface area contributed by atoms with Gasteiger partial charge >= 0.3 is 0 Å². The third kappa shape index (κ3) is 2.12. The highest BCUT2D eigenvalue weighted by Crippen LogP contribution is 2.45. The van der Waals surface area contributed by atoms with E-state index < -0.39 is 19.6 Å². The average Bonchev–Trinajstić information content (AvgIpc) is 2.27. The molecule has 1 heterocycles. The molecule has 0 aromatic heterocycles. The second-order valence-corrected chi connectivity index (χ2v) is 7.48. The van der Waals surface area contributed by atoms with E-state index in [0.29, 0.717) is 5.69 Å². The molecule has 2 N–H and O–H groups in total. The van der Waals surface area contributed by atoms with Crippen molar-refractivity contribution < 1.29 is 13.2 Å². The number of rotatable bonds is 2. The van der Waals surface area contributed by atoms with E-state index in [-0.39, 0.29) is 10.8 Å². The van der Waals surface area contributed by atoms with Crippen LogP contribution in [0.3, 0.4) is 0 Å². The molecule has 9 heteroatoms. The molecule has 5 nitrogen and oxygen atoms in total. The second-order valence-electron chi connectivity index (χ2n) is 3.76. The number of nitrogens with zero attached hydrogens (tertiary/aromatic N) is 1. The predicted octanol–water partition coefficient (Wildman–Crippen LogP) is 0.801. The lowest BCUT2D eigenvalue weighted by Gasteiger charge is -2.49. The molecule has 1 atom stereocenters. The van der Waals surface area contributed by atoms with Crippen molar-refractivity contribution in [1.82, 2.24) is 0 Å². The first-order valence-electron chi connectivity index (χ1n) is 4.71. The van der Waals surface area contributed by atoms with Crippen LogP contribution >= 0.6 is 36.9 Å². The van der Waals surface area contributed by atoms with Crippen molar-refractivity contribution in [1.29, 1.82) is 0 Å². The third-order valence-corrected chi connectivity index (χ3v) is 5.18. The number of hydrogen-bond acceptors (Lipinski definition) is 5. The molecule has 1 unspecified atom stereocenters. The molecule has 0 spiro atoms. The van der Waals surface area contributed by atoms with Crippen LogP contribution in [-0.2, 0) is 14.8 Å². The molecule has 1 aliphatic heterocycles. The molecule has 0 radical (unpaired) electrons. The monoisotopic (exact) mass is 324 g/mol. The Hall–Kier alpha value is -0.410. The minimum atomic E-state index is -3.75. The van der Waals surface area contributed by atoms with Crippen molar-refractivity contribution in [2.45, 2.75) is 14.5 Å². The first-order chi connectivity index (χ1) is 8.15. The topological polar surface area (TPSA) is 80.5 Å². The van der Waals surface area contributed by atoms with E-state index in [1.165, 1.54) is 29.2 Å². The molecule has 1 aromatic carbocycles. The summed E-state index contributed by atoms with van der Waals surface area (Å²) < 4.78 is 21.1. The maximum absolute atomic E-state index is 11.6. The molecule has 98 valence electrons. The number of halogens is 1. The highest BCUT2D eigenvalue weighted by Gasteiger charge is 2.56. The first kappa shape index (κ1) is 14.0. The van der Waals surface area contributed by atoms with E-state index >= 15 is 0 Å². The number of amides is 1. The van der Waals surface area contributed by atoms with Gasteiger partial charge in [0.1, 0.15) is 0 Å². The lowest BCUT2D eigenvalue weighted by molar-refractivity contribution is -0.122. The molecule has 1 saturated heterocycles. The molecule has 0 aliphatic carbocycles.